The Kier molecular flexibility index (Phi) is 2.99. The van der Waals surface area contributed by atoms with Gasteiger partial charge in [-0.3, -0.25) is 0 Å². The minimum atomic E-state index is 0.707. The summed E-state index contributed by atoms with van der Waals surface area (Å²) in [5.41, 5.74) is 7.72. The molecule has 1 aromatic carbocycles. The van der Waals surface area contributed by atoms with E-state index in [1.54, 1.807) is 7.11 Å². The highest BCUT2D eigenvalue weighted by Crippen LogP contribution is 2.28. The molecule has 82 valence electrons. The molecule has 3 nitrogen and oxygen atoms in total. The highest BCUT2D eigenvalue weighted by molar-refractivity contribution is 5.62. The van der Waals surface area contributed by atoms with E-state index in [1.807, 2.05) is 12.1 Å². The van der Waals surface area contributed by atoms with Crippen molar-refractivity contribution >= 4 is 11.4 Å². The van der Waals surface area contributed by atoms with Gasteiger partial charge < -0.3 is 15.4 Å². The maximum absolute atomic E-state index is 5.79. The van der Waals surface area contributed by atoms with E-state index in [9.17, 15) is 0 Å². The van der Waals surface area contributed by atoms with Gasteiger partial charge in [0, 0.05) is 24.8 Å². The Bertz CT molecular complexity index is 332. The average Bonchev–Trinajstić information content (AvgIpc) is 2.31. The second-order valence-electron chi connectivity index (χ2n) is 3.97. The first-order valence-electron chi connectivity index (χ1n) is 5.50. The van der Waals surface area contributed by atoms with Gasteiger partial charge in [-0.15, -0.1) is 0 Å². The van der Waals surface area contributed by atoms with Crippen LogP contribution >= 0.6 is 0 Å². The van der Waals surface area contributed by atoms with Crippen LogP contribution in [0, 0.1) is 0 Å². The highest BCUT2D eigenvalue weighted by Gasteiger charge is 2.12. The molecule has 2 rings (SSSR count). The van der Waals surface area contributed by atoms with Gasteiger partial charge in [0.05, 0.1) is 12.8 Å². The molecule has 1 heterocycles. The molecule has 1 aliphatic heterocycles. The number of nitrogens with zero attached hydrogens (tertiary/aromatic N) is 1. The summed E-state index contributed by atoms with van der Waals surface area (Å²) in [6, 6.07) is 6.02. The number of rotatable bonds is 2. The summed E-state index contributed by atoms with van der Waals surface area (Å²) < 4.78 is 5.22. The molecule has 0 aromatic heterocycles. The third kappa shape index (κ3) is 2.17. The summed E-state index contributed by atoms with van der Waals surface area (Å²) in [6.07, 6.45) is 3.92. The van der Waals surface area contributed by atoms with Crippen molar-refractivity contribution in [3.63, 3.8) is 0 Å². The lowest BCUT2D eigenvalue weighted by Gasteiger charge is -2.29. The first kappa shape index (κ1) is 10.1. The highest BCUT2D eigenvalue weighted by atomic mass is 16.5. The van der Waals surface area contributed by atoms with Crippen LogP contribution in [0.15, 0.2) is 18.2 Å². The van der Waals surface area contributed by atoms with E-state index in [0.29, 0.717) is 5.69 Å². The van der Waals surface area contributed by atoms with Gasteiger partial charge in [0.1, 0.15) is 5.75 Å². The average molecular weight is 206 g/mol. The standard InChI is InChI=1S/C12H18N2O/c1-15-12-9-10(5-6-11(12)13)14-7-3-2-4-8-14/h5-6,9H,2-4,7-8,13H2,1H3. The monoisotopic (exact) mass is 206 g/mol. The second-order valence-corrected chi connectivity index (χ2v) is 3.97. The molecule has 1 aromatic rings. The van der Waals surface area contributed by atoms with Crippen molar-refractivity contribution in [2.24, 2.45) is 0 Å². The third-order valence-corrected chi connectivity index (χ3v) is 2.94. The summed E-state index contributed by atoms with van der Waals surface area (Å²) in [5.74, 6) is 0.776. The summed E-state index contributed by atoms with van der Waals surface area (Å²) in [5, 5.41) is 0. The van der Waals surface area contributed by atoms with E-state index in [4.69, 9.17) is 10.5 Å². The predicted octanol–water partition coefficient (Wildman–Crippen LogP) is 2.27. The van der Waals surface area contributed by atoms with Crippen molar-refractivity contribution in [2.75, 3.05) is 30.8 Å². The molecule has 1 aliphatic rings. The van der Waals surface area contributed by atoms with Crippen LogP contribution in [0.3, 0.4) is 0 Å². The van der Waals surface area contributed by atoms with Crippen LogP contribution in [0.4, 0.5) is 11.4 Å². The van der Waals surface area contributed by atoms with Gasteiger partial charge in [-0.1, -0.05) is 0 Å². The molecule has 15 heavy (non-hydrogen) atoms. The van der Waals surface area contributed by atoms with Gasteiger partial charge in [-0.2, -0.15) is 0 Å². The Morgan fingerprint density at radius 3 is 2.60 bits per heavy atom. The zero-order valence-electron chi connectivity index (χ0n) is 9.20. The minimum Gasteiger partial charge on any atom is -0.495 e. The molecule has 1 fully saturated rings. The molecule has 0 bridgehead atoms. The number of nitrogens with two attached hydrogens (primary N) is 1. The first-order valence-corrected chi connectivity index (χ1v) is 5.50. The maximum Gasteiger partial charge on any atom is 0.143 e. The molecule has 0 unspecified atom stereocenters. The molecule has 0 radical (unpaired) electrons. The Labute approximate surface area is 90.8 Å². The fourth-order valence-electron chi connectivity index (χ4n) is 2.05. The lowest BCUT2D eigenvalue weighted by atomic mass is 10.1. The lowest BCUT2D eigenvalue weighted by Crippen LogP contribution is -2.29. The van der Waals surface area contributed by atoms with Gasteiger partial charge in [0.15, 0.2) is 0 Å². The molecule has 0 atom stereocenters. The Morgan fingerprint density at radius 2 is 1.93 bits per heavy atom. The van der Waals surface area contributed by atoms with Gasteiger partial charge in [-0.05, 0) is 31.4 Å². The summed E-state index contributed by atoms with van der Waals surface area (Å²) in [7, 11) is 1.66. The van der Waals surface area contributed by atoms with Crippen molar-refractivity contribution in [1.29, 1.82) is 0 Å². The number of nitrogen functional groups attached to an aromatic ring is 1. The molecule has 1 saturated heterocycles. The van der Waals surface area contributed by atoms with Crippen molar-refractivity contribution < 1.29 is 4.74 Å². The van der Waals surface area contributed by atoms with E-state index in [2.05, 4.69) is 11.0 Å². The molecule has 0 saturated carbocycles. The van der Waals surface area contributed by atoms with Crippen molar-refractivity contribution in [3.05, 3.63) is 18.2 Å². The third-order valence-electron chi connectivity index (χ3n) is 2.94. The summed E-state index contributed by atoms with van der Waals surface area (Å²) in [6.45, 7) is 2.29. The van der Waals surface area contributed by atoms with Crippen molar-refractivity contribution in [1.82, 2.24) is 0 Å². The fraction of sp³-hybridized carbons (Fsp3) is 0.500. The van der Waals surface area contributed by atoms with Crippen LogP contribution in [0.2, 0.25) is 0 Å². The maximum atomic E-state index is 5.79. The van der Waals surface area contributed by atoms with Crippen LogP contribution in [0.1, 0.15) is 19.3 Å². The van der Waals surface area contributed by atoms with Crippen molar-refractivity contribution in [3.8, 4) is 5.75 Å². The van der Waals surface area contributed by atoms with E-state index in [-0.39, 0.29) is 0 Å². The minimum absolute atomic E-state index is 0.707. The molecule has 0 spiro atoms. The zero-order valence-corrected chi connectivity index (χ0v) is 9.20. The van der Waals surface area contributed by atoms with Crippen LogP contribution < -0.4 is 15.4 Å². The topological polar surface area (TPSA) is 38.5 Å². The van der Waals surface area contributed by atoms with Gasteiger partial charge in [0.25, 0.3) is 0 Å². The Hall–Kier alpha value is -1.38. The van der Waals surface area contributed by atoms with E-state index in [1.165, 1.54) is 24.9 Å². The summed E-state index contributed by atoms with van der Waals surface area (Å²) >= 11 is 0. The van der Waals surface area contributed by atoms with Crippen LogP contribution in [0.5, 0.6) is 5.75 Å². The number of piperidine rings is 1. The summed E-state index contributed by atoms with van der Waals surface area (Å²) in [4.78, 5) is 2.39. The number of hydrogen-bond donors (Lipinski definition) is 1. The molecule has 3 heteroatoms. The van der Waals surface area contributed by atoms with Gasteiger partial charge in [0.2, 0.25) is 0 Å². The lowest BCUT2D eigenvalue weighted by molar-refractivity contribution is 0.417. The number of anilines is 2. The number of ether oxygens (including phenoxy) is 1. The van der Waals surface area contributed by atoms with Gasteiger partial charge in [-0.25, -0.2) is 0 Å². The van der Waals surface area contributed by atoms with Crippen LogP contribution in [-0.4, -0.2) is 20.2 Å². The fourth-order valence-corrected chi connectivity index (χ4v) is 2.05. The zero-order chi connectivity index (χ0) is 10.7. The van der Waals surface area contributed by atoms with Crippen molar-refractivity contribution in [2.45, 2.75) is 19.3 Å². The first-order chi connectivity index (χ1) is 7.31. The quantitative estimate of drug-likeness (QED) is 0.754. The largest absolute Gasteiger partial charge is 0.495 e. The van der Waals surface area contributed by atoms with E-state index < -0.39 is 0 Å². The van der Waals surface area contributed by atoms with Gasteiger partial charge >= 0.3 is 0 Å². The molecule has 0 amide bonds. The van der Waals surface area contributed by atoms with Crippen LogP contribution in [-0.2, 0) is 0 Å². The predicted molar refractivity (Wildman–Crippen MR) is 63.5 cm³/mol. The number of methoxy groups -OCH3 is 1. The molecular formula is C12H18N2O. The molecule has 0 aliphatic carbocycles. The Morgan fingerprint density at radius 1 is 1.20 bits per heavy atom. The van der Waals surface area contributed by atoms with E-state index in [0.717, 1.165) is 18.8 Å². The normalized spacial score (nSPS) is 16.5. The van der Waals surface area contributed by atoms with Crippen LogP contribution in [0.25, 0.3) is 0 Å². The number of benzene rings is 1. The molecule has 2 N–H and O–H groups in total. The SMILES string of the molecule is COc1cc(N2CCCCC2)ccc1N. The number of hydrogen-bond acceptors (Lipinski definition) is 3. The Balaban J connectivity index is 2.20. The second kappa shape index (κ2) is 4.43. The van der Waals surface area contributed by atoms with E-state index >= 15 is 0 Å². The smallest absolute Gasteiger partial charge is 0.143 e. The molecular weight excluding hydrogens is 188 g/mol.